The van der Waals surface area contributed by atoms with Crippen LogP contribution in [0.4, 0.5) is 0 Å². The highest BCUT2D eigenvalue weighted by Gasteiger charge is 2.21. The number of benzene rings is 1. The van der Waals surface area contributed by atoms with E-state index in [2.05, 4.69) is 15.4 Å². The Bertz CT molecular complexity index is 957. The van der Waals surface area contributed by atoms with Crippen molar-refractivity contribution in [3.63, 3.8) is 0 Å². The number of hydrogen-bond acceptors (Lipinski definition) is 6. The lowest BCUT2D eigenvalue weighted by Crippen LogP contribution is -2.33. The molecule has 2 N–H and O–H groups in total. The van der Waals surface area contributed by atoms with Crippen LogP contribution in [-0.4, -0.2) is 52.0 Å². The zero-order valence-corrected chi connectivity index (χ0v) is 16.0. The van der Waals surface area contributed by atoms with Gasteiger partial charge >= 0.3 is 5.97 Å². The van der Waals surface area contributed by atoms with Crippen LogP contribution < -0.4 is 5.32 Å². The molecular formula is C21H22N4O4. The normalized spacial score (nSPS) is 11.7. The number of carbonyl (C=O) groups excluding carboxylic acids is 2. The van der Waals surface area contributed by atoms with Crippen LogP contribution in [-0.2, 0) is 11.2 Å². The predicted octanol–water partition coefficient (Wildman–Crippen LogP) is 1.63. The van der Waals surface area contributed by atoms with Crippen molar-refractivity contribution >= 4 is 11.9 Å². The van der Waals surface area contributed by atoms with Gasteiger partial charge in [0, 0.05) is 37.0 Å². The Labute approximate surface area is 168 Å². The SMILES string of the molecule is COC(=O)c1cc(C(=O)NC[C@@H](CO)Cc2ccccn2)n(-c2ccccc2)n1. The zero-order chi connectivity index (χ0) is 20.6. The first-order valence-electron chi connectivity index (χ1n) is 9.15. The Hall–Kier alpha value is -3.52. The fraction of sp³-hybridized carbons (Fsp3) is 0.238. The number of carbonyl (C=O) groups is 2. The summed E-state index contributed by atoms with van der Waals surface area (Å²) < 4.78 is 6.11. The van der Waals surface area contributed by atoms with E-state index in [1.54, 1.807) is 18.3 Å². The number of nitrogens with one attached hydrogen (secondary N) is 1. The molecule has 0 radical (unpaired) electrons. The lowest BCUT2D eigenvalue weighted by Gasteiger charge is -2.15. The maximum Gasteiger partial charge on any atom is 0.358 e. The maximum absolute atomic E-state index is 12.8. The molecule has 0 saturated heterocycles. The quantitative estimate of drug-likeness (QED) is 0.563. The number of ether oxygens (including phenoxy) is 1. The standard InChI is InChI=1S/C21H22N4O4/c1-29-21(28)18-12-19(25(24-18)17-8-3-2-4-9-17)20(27)23-13-15(14-26)11-16-7-5-6-10-22-16/h2-10,12,15,26H,11,13-14H2,1H3,(H,23,27)/t15-/m0/s1. The van der Waals surface area contributed by atoms with Crippen molar-refractivity contribution in [2.75, 3.05) is 20.3 Å². The van der Waals surface area contributed by atoms with Crippen LogP contribution in [0.15, 0.2) is 60.8 Å². The van der Waals surface area contributed by atoms with Gasteiger partial charge in [0.1, 0.15) is 5.69 Å². The molecule has 0 fully saturated rings. The summed E-state index contributed by atoms with van der Waals surface area (Å²) in [5.74, 6) is -1.23. The van der Waals surface area contributed by atoms with Gasteiger partial charge in [0.15, 0.2) is 5.69 Å². The van der Waals surface area contributed by atoms with Crippen molar-refractivity contribution in [2.45, 2.75) is 6.42 Å². The second-order valence-electron chi connectivity index (χ2n) is 6.44. The Morgan fingerprint density at radius 3 is 2.59 bits per heavy atom. The molecule has 0 aliphatic rings. The first-order chi connectivity index (χ1) is 14.1. The fourth-order valence-corrected chi connectivity index (χ4v) is 2.86. The van der Waals surface area contributed by atoms with Crippen molar-refractivity contribution in [3.05, 3.63) is 77.9 Å². The minimum atomic E-state index is -0.628. The van der Waals surface area contributed by atoms with Gasteiger partial charge in [-0.3, -0.25) is 9.78 Å². The largest absolute Gasteiger partial charge is 0.464 e. The summed E-state index contributed by atoms with van der Waals surface area (Å²) in [5, 5.41) is 16.7. The molecule has 3 rings (SSSR count). The number of aliphatic hydroxyl groups excluding tert-OH is 1. The molecular weight excluding hydrogens is 372 g/mol. The first kappa shape index (κ1) is 20.2. The van der Waals surface area contributed by atoms with Gasteiger partial charge in [-0.1, -0.05) is 24.3 Å². The topological polar surface area (TPSA) is 106 Å². The molecule has 0 spiro atoms. The Balaban J connectivity index is 1.77. The van der Waals surface area contributed by atoms with Crippen LogP contribution in [0.25, 0.3) is 5.69 Å². The fourth-order valence-electron chi connectivity index (χ4n) is 2.86. The Kier molecular flexibility index (Phi) is 6.70. The third kappa shape index (κ3) is 5.05. The van der Waals surface area contributed by atoms with Gasteiger partial charge in [0.2, 0.25) is 0 Å². The molecule has 8 nitrogen and oxygen atoms in total. The average molecular weight is 394 g/mol. The van der Waals surface area contributed by atoms with E-state index in [4.69, 9.17) is 4.74 Å². The number of methoxy groups -OCH3 is 1. The number of amides is 1. The second kappa shape index (κ2) is 9.61. The smallest absolute Gasteiger partial charge is 0.358 e. The molecule has 0 aliphatic carbocycles. The third-order valence-corrected chi connectivity index (χ3v) is 4.37. The van der Waals surface area contributed by atoms with E-state index in [1.165, 1.54) is 17.9 Å². The molecule has 1 amide bonds. The molecule has 0 unspecified atom stereocenters. The van der Waals surface area contributed by atoms with E-state index >= 15 is 0 Å². The summed E-state index contributed by atoms with van der Waals surface area (Å²) in [6.45, 7) is 0.154. The average Bonchev–Trinajstić information content (AvgIpc) is 3.23. The van der Waals surface area contributed by atoms with Gasteiger partial charge in [-0.2, -0.15) is 5.10 Å². The van der Waals surface area contributed by atoms with E-state index in [-0.39, 0.29) is 30.5 Å². The molecule has 29 heavy (non-hydrogen) atoms. The molecule has 3 aromatic rings. The summed E-state index contributed by atoms with van der Waals surface area (Å²) in [4.78, 5) is 28.9. The van der Waals surface area contributed by atoms with Gasteiger partial charge in [-0.15, -0.1) is 0 Å². The molecule has 2 heterocycles. The van der Waals surface area contributed by atoms with Crippen LogP contribution in [0.1, 0.15) is 26.7 Å². The Morgan fingerprint density at radius 1 is 1.17 bits per heavy atom. The van der Waals surface area contributed by atoms with Crippen molar-refractivity contribution < 1.29 is 19.4 Å². The highest BCUT2D eigenvalue weighted by molar-refractivity contribution is 5.96. The van der Waals surface area contributed by atoms with Gasteiger partial charge < -0.3 is 15.2 Å². The van der Waals surface area contributed by atoms with E-state index in [0.29, 0.717) is 12.1 Å². The van der Waals surface area contributed by atoms with Crippen LogP contribution in [0.2, 0.25) is 0 Å². The lowest BCUT2D eigenvalue weighted by molar-refractivity contribution is 0.0593. The van der Waals surface area contributed by atoms with Gasteiger partial charge in [-0.25, -0.2) is 9.48 Å². The predicted molar refractivity (Wildman–Crippen MR) is 106 cm³/mol. The number of pyridine rings is 1. The van der Waals surface area contributed by atoms with E-state index in [1.807, 2.05) is 36.4 Å². The maximum atomic E-state index is 12.8. The van der Waals surface area contributed by atoms with Crippen molar-refractivity contribution in [2.24, 2.45) is 5.92 Å². The lowest BCUT2D eigenvalue weighted by atomic mass is 10.0. The van der Waals surface area contributed by atoms with Gasteiger partial charge in [-0.05, 0) is 30.7 Å². The minimum Gasteiger partial charge on any atom is -0.464 e. The molecule has 0 aliphatic heterocycles. The summed E-state index contributed by atoms with van der Waals surface area (Å²) in [5.41, 5.74) is 1.71. The number of rotatable bonds is 8. The van der Waals surface area contributed by atoms with E-state index < -0.39 is 11.9 Å². The number of aliphatic hydroxyl groups is 1. The van der Waals surface area contributed by atoms with E-state index in [9.17, 15) is 14.7 Å². The Morgan fingerprint density at radius 2 is 1.93 bits per heavy atom. The summed E-state index contributed by atoms with van der Waals surface area (Å²) in [7, 11) is 1.26. The highest BCUT2D eigenvalue weighted by Crippen LogP contribution is 2.14. The molecule has 150 valence electrons. The summed E-state index contributed by atoms with van der Waals surface area (Å²) in [6, 6.07) is 16.0. The van der Waals surface area contributed by atoms with E-state index in [0.717, 1.165) is 5.69 Å². The van der Waals surface area contributed by atoms with Crippen LogP contribution in [0.5, 0.6) is 0 Å². The third-order valence-electron chi connectivity index (χ3n) is 4.37. The highest BCUT2D eigenvalue weighted by atomic mass is 16.5. The summed E-state index contributed by atoms with van der Waals surface area (Å²) >= 11 is 0. The number of para-hydroxylation sites is 1. The second-order valence-corrected chi connectivity index (χ2v) is 6.44. The van der Waals surface area contributed by atoms with Gasteiger partial charge in [0.25, 0.3) is 5.91 Å². The van der Waals surface area contributed by atoms with Crippen molar-refractivity contribution in [1.29, 1.82) is 0 Å². The molecule has 2 aromatic heterocycles. The number of aromatic nitrogens is 3. The van der Waals surface area contributed by atoms with Gasteiger partial charge in [0.05, 0.1) is 12.8 Å². The molecule has 8 heteroatoms. The van der Waals surface area contributed by atoms with Crippen LogP contribution >= 0.6 is 0 Å². The van der Waals surface area contributed by atoms with Crippen molar-refractivity contribution in [1.82, 2.24) is 20.1 Å². The monoisotopic (exact) mass is 394 g/mol. The number of nitrogens with zero attached hydrogens (tertiary/aromatic N) is 3. The molecule has 0 saturated carbocycles. The zero-order valence-electron chi connectivity index (χ0n) is 16.0. The minimum absolute atomic E-state index is 0.0358. The van der Waals surface area contributed by atoms with Crippen LogP contribution in [0, 0.1) is 5.92 Å². The molecule has 1 aromatic carbocycles. The van der Waals surface area contributed by atoms with Crippen molar-refractivity contribution in [3.8, 4) is 5.69 Å². The number of hydrogen-bond donors (Lipinski definition) is 2. The molecule has 1 atom stereocenters. The summed E-state index contributed by atoms with van der Waals surface area (Å²) in [6.07, 6.45) is 2.22. The number of esters is 1. The first-order valence-corrected chi connectivity index (χ1v) is 9.15. The molecule has 0 bridgehead atoms. The van der Waals surface area contributed by atoms with Crippen LogP contribution in [0.3, 0.4) is 0 Å².